The molecule has 0 bridgehead atoms. The van der Waals surface area contributed by atoms with Crippen LogP contribution >= 0.6 is 0 Å². The van der Waals surface area contributed by atoms with Crippen molar-refractivity contribution in [2.45, 2.75) is 0 Å². The van der Waals surface area contributed by atoms with Gasteiger partial charge in [-0.3, -0.25) is 0 Å². The number of nitriles is 1. The van der Waals surface area contributed by atoms with Gasteiger partial charge in [0.25, 0.3) is 0 Å². The van der Waals surface area contributed by atoms with Crippen molar-refractivity contribution in [1.29, 1.82) is 5.26 Å². The maximum absolute atomic E-state index is 9.53. The lowest BCUT2D eigenvalue weighted by atomic mass is 9.97. The Morgan fingerprint density at radius 3 is 1.20 bits per heavy atom. The predicted octanol–water partition coefficient (Wildman–Crippen LogP) is 11.1. The fourth-order valence-electron chi connectivity index (χ4n) is 7.07. The summed E-state index contributed by atoms with van der Waals surface area (Å²) in [7, 11) is 0. The van der Waals surface area contributed by atoms with Crippen LogP contribution < -0.4 is 0 Å². The number of hydrogen-bond acceptors (Lipinski definition) is 1. The summed E-state index contributed by atoms with van der Waals surface area (Å²) in [5.41, 5.74) is 11.9. The highest BCUT2D eigenvalue weighted by molar-refractivity contribution is 6.10. The zero-order valence-electron chi connectivity index (χ0n) is 24.9. The Labute approximate surface area is 266 Å². The summed E-state index contributed by atoms with van der Waals surface area (Å²) in [6.45, 7) is 0. The molecule has 0 radical (unpaired) electrons. The minimum atomic E-state index is 0.657. The molecule has 7 aromatic carbocycles. The Morgan fingerprint density at radius 1 is 0.348 bits per heavy atom. The first-order valence-electron chi connectivity index (χ1n) is 15.5. The fraction of sp³-hybridized carbons (Fsp3) is 0. The third kappa shape index (κ3) is 4.05. The van der Waals surface area contributed by atoms with Crippen molar-refractivity contribution in [3.05, 3.63) is 169 Å². The first kappa shape index (κ1) is 26.1. The molecule has 0 atom stereocenters. The molecule has 0 aliphatic heterocycles. The van der Waals surface area contributed by atoms with Gasteiger partial charge in [0.2, 0.25) is 0 Å². The number of aromatic nitrogens is 2. The van der Waals surface area contributed by atoms with Gasteiger partial charge in [-0.1, -0.05) is 103 Å². The summed E-state index contributed by atoms with van der Waals surface area (Å²) in [4.78, 5) is 0. The molecule has 0 N–H and O–H groups in total. The molecule has 46 heavy (non-hydrogen) atoms. The van der Waals surface area contributed by atoms with Gasteiger partial charge in [0.1, 0.15) is 0 Å². The van der Waals surface area contributed by atoms with Gasteiger partial charge in [-0.15, -0.1) is 0 Å². The van der Waals surface area contributed by atoms with Crippen LogP contribution in [0.4, 0.5) is 0 Å². The molecule has 0 amide bonds. The number of hydrogen-bond donors (Lipinski definition) is 0. The number of fused-ring (bicyclic) bond motifs is 6. The van der Waals surface area contributed by atoms with Crippen LogP contribution in [0.3, 0.4) is 0 Å². The van der Waals surface area contributed by atoms with Crippen molar-refractivity contribution in [1.82, 2.24) is 9.13 Å². The molecule has 3 heteroatoms. The van der Waals surface area contributed by atoms with Crippen molar-refractivity contribution in [2.75, 3.05) is 0 Å². The normalized spacial score (nSPS) is 11.5. The van der Waals surface area contributed by atoms with Crippen LogP contribution in [0.15, 0.2) is 164 Å². The van der Waals surface area contributed by atoms with Crippen molar-refractivity contribution in [3.8, 4) is 39.7 Å². The van der Waals surface area contributed by atoms with E-state index in [9.17, 15) is 5.26 Å². The molecule has 214 valence electrons. The maximum atomic E-state index is 9.53. The average Bonchev–Trinajstić information content (AvgIpc) is 3.65. The van der Waals surface area contributed by atoms with Crippen LogP contribution in [0.25, 0.3) is 77.2 Å². The lowest BCUT2D eigenvalue weighted by molar-refractivity contribution is 1.13. The van der Waals surface area contributed by atoms with Crippen LogP contribution in [0.1, 0.15) is 5.56 Å². The Balaban J connectivity index is 1.36. The van der Waals surface area contributed by atoms with Crippen molar-refractivity contribution >= 4 is 43.6 Å². The molecule has 0 aliphatic rings. The molecule has 2 aromatic heterocycles. The quantitative estimate of drug-likeness (QED) is 0.202. The summed E-state index contributed by atoms with van der Waals surface area (Å²) in [6.07, 6.45) is 0. The van der Waals surface area contributed by atoms with Gasteiger partial charge < -0.3 is 9.13 Å². The van der Waals surface area contributed by atoms with E-state index in [-0.39, 0.29) is 0 Å². The van der Waals surface area contributed by atoms with Crippen LogP contribution in [-0.2, 0) is 0 Å². The summed E-state index contributed by atoms with van der Waals surface area (Å²) in [6, 6.07) is 60.3. The topological polar surface area (TPSA) is 33.6 Å². The highest BCUT2D eigenvalue weighted by Crippen LogP contribution is 2.38. The van der Waals surface area contributed by atoms with Gasteiger partial charge in [-0.2, -0.15) is 5.26 Å². The Morgan fingerprint density at radius 2 is 0.739 bits per heavy atom. The summed E-state index contributed by atoms with van der Waals surface area (Å²) >= 11 is 0. The molecule has 9 aromatic rings. The SMILES string of the molecule is N#Cc1cccc(-c2cccc(-c3cc(-n4c5ccccc5c5ccccc54)cc(-n4c5ccccc5c5ccccc54)c3)c2)c1. The second-order valence-corrected chi connectivity index (χ2v) is 11.8. The lowest BCUT2D eigenvalue weighted by Gasteiger charge is -2.16. The molecule has 0 spiro atoms. The van der Waals surface area contributed by atoms with Gasteiger partial charge >= 0.3 is 0 Å². The summed E-state index contributed by atoms with van der Waals surface area (Å²) in [5, 5.41) is 14.5. The van der Waals surface area contributed by atoms with Gasteiger partial charge in [0, 0.05) is 32.9 Å². The van der Waals surface area contributed by atoms with Crippen molar-refractivity contribution < 1.29 is 0 Å². The second-order valence-electron chi connectivity index (χ2n) is 11.8. The molecule has 9 rings (SSSR count). The highest BCUT2D eigenvalue weighted by atomic mass is 15.0. The number of benzene rings is 7. The molecule has 0 fully saturated rings. The standard InChI is InChI=1S/C43H27N3/c44-28-29-11-9-12-30(23-29)31-13-10-14-32(24-31)33-25-34(45-40-19-5-1-15-36(40)37-16-2-6-20-41(37)45)27-35(26-33)46-42-21-7-3-17-38(42)39-18-4-8-22-43(39)46/h1-27H. The van der Waals surface area contributed by atoms with Crippen molar-refractivity contribution in [3.63, 3.8) is 0 Å². The van der Waals surface area contributed by atoms with Crippen LogP contribution in [0.5, 0.6) is 0 Å². The largest absolute Gasteiger partial charge is 0.309 e. The van der Waals surface area contributed by atoms with Gasteiger partial charge in [-0.25, -0.2) is 0 Å². The van der Waals surface area contributed by atoms with Gasteiger partial charge in [0.05, 0.1) is 33.7 Å². The van der Waals surface area contributed by atoms with E-state index in [1.54, 1.807) is 0 Å². The molecule has 0 saturated heterocycles. The number of rotatable bonds is 4. The first-order chi connectivity index (χ1) is 22.8. The van der Waals surface area contributed by atoms with E-state index < -0.39 is 0 Å². The third-order valence-electron chi connectivity index (χ3n) is 9.10. The zero-order chi connectivity index (χ0) is 30.6. The zero-order valence-corrected chi connectivity index (χ0v) is 24.9. The van der Waals surface area contributed by atoms with Gasteiger partial charge in [-0.05, 0) is 82.9 Å². The highest BCUT2D eigenvalue weighted by Gasteiger charge is 2.17. The van der Waals surface area contributed by atoms with E-state index in [1.165, 1.54) is 43.6 Å². The second kappa shape index (κ2) is 10.4. The molecule has 3 nitrogen and oxygen atoms in total. The van der Waals surface area contributed by atoms with E-state index in [0.29, 0.717) is 5.56 Å². The fourth-order valence-corrected chi connectivity index (χ4v) is 7.07. The number of nitrogens with zero attached hydrogens (tertiary/aromatic N) is 3. The van der Waals surface area contributed by atoms with Crippen molar-refractivity contribution in [2.24, 2.45) is 0 Å². The monoisotopic (exact) mass is 585 g/mol. The minimum Gasteiger partial charge on any atom is -0.309 e. The Bertz CT molecular complexity index is 2420. The Kier molecular flexibility index (Phi) is 5.88. The van der Waals surface area contributed by atoms with Crippen LogP contribution in [0.2, 0.25) is 0 Å². The molecule has 0 unspecified atom stereocenters. The maximum Gasteiger partial charge on any atom is 0.0991 e. The molecular weight excluding hydrogens is 558 g/mol. The van der Waals surface area contributed by atoms with Gasteiger partial charge in [0.15, 0.2) is 0 Å². The molecule has 0 aliphatic carbocycles. The molecular formula is C43H27N3. The van der Waals surface area contributed by atoms with Crippen LogP contribution in [-0.4, -0.2) is 9.13 Å². The first-order valence-corrected chi connectivity index (χ1v) is 15.5. The molecule has 2 heterocycles. The lowest BCUT2D eigenvalue weighted by Crippen LogP contribution is -2.00. The summed E-state index contributed by atoms with van der Waals surface area (Å²) < 4.78 is 4.79. The number of para-hydroxylation sites is 4. The third-order valence-corrected chi connectivity index (χ3v) is 9.10. The van der Waals surface area contributed by atoms with E-state index in [4.69, 9.17) is 0 Å². The molecule has 0 saturated carbocycles. The smallest absolute Gasteiger partial charge is 0.0991 e. The minimum absolute atomic E-state index is 0.657. The van der Waals surface area contributed by atoms with Crippen LogP contribution in [0, 0.1) is 11.3 Å². The van der Waals surface area contributed by atoms with E-state index in [2.05, 4.69) is 161 Å². The average molecular weight is 586 g/mol. The Hall–Kier alpha value is -6.37. The van der Waals surface area contributed by atoms with E-state index >= 15 is 0 Å². The van der Waals surface area contributed by atoms with E-state index in [0.717, 1.165) is 33.6 Å². The predicted molar refractivity (Wildman–Crippen MR) is 191 cm³/mol. The van der Waals surface area contributed by atoms with E-state index in [1.807, 2.05) is 18.2 Å². The summed E-state index contributed by atoms with van der Waals surface area (Å²) in [5.74, 6) is 0.